The van der Waals surface area contributed by atoms with Crippen molar-refractivity contribution in [1.29, 1.82) is 5.41 Å². The van der Waals surface area contributed by atoms with E-state index in [4.69, 9.17) is 15.9 Å². The summed E-state index contributed by atoms with van der Waals surface area (Å²) in [4.78, 5) is 2.35. The van der Waals surface area contributed by atoms with Gasteiger partial charge in [0.2, 0.25) is 0 Å². The predicted octanol–water partition coefficient (Wildman–Crippen LogP) is 2.28. The molecular weight excluding hydrogens is 238 g/mol. The third-order valence-corrected chi connectivity index (χ3v) is 3.69. The average molecular weight is 261 g/mol. The first-order valence-corrected chi connectivity index (χ1v) is 6.86. The first-order chi connectivity index (χ1) is 9.02. The Hall–Kier alpha value is -1.55. The number of rotatable bonds is 3. The van der Waals surface area contributed by atoms with Crippen molar-refractivity contribution < 1.29 is 4.74 Å². The third-order valence-electron chi connectivity index (χ3n) is 3.69. The third kappa shape index (κ3) is 2.89. The number of ether oxygens (including phenoxy) is 1. The molecule has 3 N–H and O–H groups in total. The van der Waals surface area contributed by atoms with Gasteiger partial charge in [-0.1, -0.05) is 13.0 Å². The molecule has 4 heteroatoms. The molecule has 104 valence electrons. The largest absolute Gasteiger partial charge is 0.384 e. The monoisotopic (exact) mass is 261 g/mol. The molecule has 0 aliphatic carbocycles. The Kier molecular flexibility index (Phi) is 4.10. The molecule has 1 aliphatic rings. The van der Waals surface area contributed by atoms with Crippen LogP contribution in [0.2, 0.25) is 0 Å². The lowest BCUT2D eigenvalue weighted by molar-refractivity contribution is 0.0299. The zero-order chi connectivity index (χ0) is 14.0. The SMILES string of the molecule is CCC1COC(C)CN1c1cc(C)ccc1C(=N)N. The smallest absolute Gasteiger partial charge is 0.124 e. The van der Waals surface area contributed by atoms with E-state index in [-0.39, 0.29) is 11.9 Å². The van der Waals surface area contributed by atoms with E-state index in [1.165, 1.54) is 5.56 Å². The zero-order valence-electron chi connectivity index (χ0n) is 11.9. The molecule has 1 saturated heterocycles. The Morgan fingerprint density at radius 3 is 2.89 bits per heavy atom. The first kappa shape index (κ1) is 13.9. The zero-order valence-corrected chi connectivity index (χ0v) is 11.9. The van der Waals surface area contributed by atoms with Crippen LogP contribution in [0.4, 0.5) is 5.69 Å². The van der Waals surface area contributed by atoms with E-state index in [0.29, 0.717) is 6.04 Å². The van der Waals surface area contributed by atoms with Gasteiger partial charge in [-0.2, -0.15) is 0 Å². The van der Waals surface area contributed by atoms with Crippen molar-refractivity contribution in [2.24, 2.45) is 5.73 Å². The number of nitrogens with one attached hydrogen (secondary N) is 1. The van der Waals surface area contributed by atoms with Crippen molar-refractivity contribution in [3.8, 4) is 0 Å². The van der Waals surface area contributed by atoms with Crippen LogP contribution in [0.15, 0.2) is 18.2 Å². The van der Waals surface area contributed by atoms with Gasteiger partial charge in [0, 0.05) is 17.8 Å². The summed E-state index contributed by atoms with van der Waals surface area (Å²) in [5.74, 6) is 0.129. The summed E-state index contributed by atoms with van der Waals surface area (Å²) in [6.07, 6.45) is 1.24. The molecule has 2 unspecified atom stereocenters. The quantitative estimate of drug-likeness (QED) is 0.648. The van der Waals surface area contributed by atoms with E-state index in [9.17, 15) is 0 Å². The first-order valence-electron chi connectivity index (χ1n) is 6.86. The molecule has 1 aromatic rings. The standard InChI is InChI=1S/C15H23N3O/c1-4-12-9-19-11(3)8-18(12)14-7-10(2)5-6-13(14)15(16)17/h5-7,11-12H,4,8-9H2,1-3H3,(H3,16,17). The van der Waals surface area contributed by atoms with Gasteiger partial charge in [0.25, 0.3) is 0 Å². The average Bonchev–Trinajstić information content (AvgIpc) is 2.38. The fourth-order valence-electron chi connectivity index (χ4n) is 2.58. The highest BCUT2D eigenvalue weighted by Crippen LogP contribution is 2.28. The maximum absolute atomic E-state index is 7.76. The maximum Gasteiger partial charge on any atom is 0.124 e. The highest BCUT2D eigenvalue weighted by atomic mass is 16.5. The van der Waals surface area contributed by atoms with Gasteiger partial charge in [-0.3, -0.25) is 5.41 Å². The van der Waals surface area contributed by atoms with Gasteiger partial charge in [0.05, 0.1) is 18.8 Å². The number of aryl methyl sites for hydroxylation is 1. The van der Waals surface area contributed by atoms with Crippen molar-refractivity contribution in [1.82, 2.24) is 0 Å². The Bertz CT molecular complexity index is 472. The summed E-state index contributed by atoms with van der Waals surface area (Å²) in [6, 6.07) is 6.43. The van der Waals surface area contributed by atoms with Crippen molar-refractivity contribution in [3.63, 3.8) is 0 Å². The number of nitrogen functional groups attached to an aromatic ring is 1. The number of amidine groups is 1. The second-order valence-corrected chi connectivity index (χ2v) is 5.29. The molecule has 1 fully saturated rings. The topological polar surface area (TPSA) is 62.3 Å². The van der Waals surface area contributed by atoms with Gasteiger partial charge in [-0.25, -0.2) is 0 Å². The Balaban J connectivity index is 2.42. The van der Waals surface area contributed by atoms with Crippen LogP contribution in [-0.2, 0) is 4.74 Å². The van der Waals surface area contributed by atoms with Crippen LogP contribution in [-0.4, -0.2) is 31.1 Å². The second-order valence-electron chi connectivity index (χ2n) is 5.29. The lowest BCUT2D eigenvalue weighted by Crippen LogP contribution is -2.49. The number of hydrogen-bond donors (Lipinski definition) is 2. The lowest BCUT2D eigenvalue weighted by atomic mass is 10.0. The normalized spacial score (nSPS) is 23.4. The van der Waals surface area contributed by atoms with Gasteiger partial charge >= 0.3 is 0 Å². The van der Waals surface area contributed by atoms with Gasteiger partial charge in [0.15, 0.2) is 0 Å². The van der Waals surface area contributed by atoms with Gasteiger partial charge in [-0.15, -0.1) is 0 Å². The molecule has 0 radical (unpaired) electrons. The molecule has 0 amide bonds. The highest BCUT2D eigenvalue weighted by molar-refractivity contribution is 6.00. The Morgan fingerprint density at radius 1 is 1.53 bits per heavy atom. The van der Waals surface area contributed by atoms with Crippen molar-refractivity contribution in [2.45, 2.75) is 39.3 Å². The predicted molar refractivity (Wildman–Crippen MR) is 79.0 cm³/mol. The minimum Gasteiger partial charge on any atom is -0.384 e. The van der Waals surface area contributed by atoms with Crippen LogP contribution in [0.3, 0.4) is 0 Å². The summed E-state index contributed by atoms with van der Waals surface area (Å²) in [5, 5.41) is 7.76. The number of anilines is 1. The number of nitrogens with zero attached hydrogens (tertiary/aromatic N) is 1. The van der Waals surface area contributed by atoms with E-state index in [2.05, 4.69) is 31.7 Å². The minimum atomic E-state index is 0.129. The molecule has 4 nitrogen and oxygen atoms in total. The molecular formula is C15H23N3O. The minimum absolute atomic E-state index is 0.129. The van der Waals surface area contributed by atoms with Gasteiger partial charge < -0.3 is 15.4 Å². The molecule has 1 aliphatic heterocycles. The van der Waals surface area contributed by atoms with Crippen LogP contribution < -0.4 is 10.6 Å². The van der Waals surface area contributed by atoms with Crippen LogP contribution in [0.25, 0.3) is 0 Å². The van der Waals surface area contributed by atoms with E-state index in [1.807, 2.05) is 12.1 Å². The van der Waals surface area contributed by atoms with E-state index >= 15 is 0 Å². The fraction of sp³-hybridized carbons (Fsp3) is 0.533. The highest BCUT2D eigenvalue weighted by Gasteiger charge is 2.27. The van der Waals surface area contributed by atoms with Crippen LogP contribution in [0, 0.1) is 12.3 Å². The summed E-state index contributed by atoms with van der Waals surface area (Å²) in [5.41, 5.74) is 8.79. The van der Waals surface area contributed by atoms with E-state index < -0.39 is 0 Å². The van der Waals surface area contributed by atoms with Crippen molar-refractivity contribution in [2.75, 3.05) is 18.1 Å². The molecule has 1 aromatic carbocycles. The molecule has 1 heterocycles. The molecule has 0 saturated carbocycles. The van der Waals surface area contributed by atoms with Crippen molar-refractivity contribution >= 4 is 11.5 Å². The van der Waals surface area contributed by atoms with Crippen LogP contribution in [0.1, 0.15) is 31.4 Å². The summed E-state index contributed by atoms with van der Waals surface area (Å²) >= 11 is 0. The number of benzene rings is 1. The molecule has 0 aromatic heterocycles. The fourth-order valence-corrected chi connectivity index (χ4v) is 2.58. The summed E-state index contributed by atoms with van der Waals surface area (Å²) < 4.78 is 5.74. The Labute approximate surface area is 115 Å². The molecule has 0 spiro atoms. The molecule has 0 bridgehead atoms. The van der Waals surface area contributed by atoms with Crippen molar-refractivity contribution in [3.05, 3.63) is 29.3 Å². The lowest BCUT2D eigenvalue weighted by Gasteiger charge is -2.41. The molecule has 2 atom stereocenters. The Morgan fingerprint density at radius 2 is 2.26 bits per heavy atom. The number of hydrogen-bond acceptors (Lipinski definition) is 3. The van der Waals surface area contributed by atoms with Gasteiger partial charge in [0.1, 0.15) is 5.84 Å². The second kappa shape index (κ2) is 5.61. The number of nitrogens with two attached hydrogens (primary N) is 1. The summed E-state index contributed by atoms with van der Waals surface area (Å²) in [7, 11) is 0. The summed E-state index contributed by atoms with van der Waals surface area (Å²) in [6.45, 7) is 7.91. The van der Waals surface area contributed by atoms with Crippen LogP contribution in [0.5, 0.6) is 0 Å². The van der Waals surface area contributed by atoms with Gasteiger partial charge in [-0.05, 0) is 38.0 Å². The number of morpholine rings is 1. The molecule has 2 rings (SSSR count). The molecule has 19 heavy (non-hydrogen) atoms. The maximum atomic E-state index is 7.76. The van der Waals surface area contributed by atoms with E-state index in [0.717, 1.165) is 30.8 Å². The van der Waals surface area contributed by atoms with E-state index in [1.54, 1.807) is 0 Å². The van der Waals surface area contributed by atoms with Crippen LogP contribution >= 0.6 is 0 Å².